The smallest absolute Gasteiger partial charge is 0.277 e. The maximum Gasteiger partial charge on any atom is 0.277 e. The van der Waals surface area contributed by atoms with Crippen LogP contribution in [0.1, 0.15) is 25.1 Å². The van der Waals surface area contributed by atoms with E-state index in [9.17, 15) is 8.42 Å². The molecule has 0 spiro atoms. The Hall–Kier alpha value is -0.920. The molecule has 0 aliphatic rings. The van der Waals surface area contributed by atoms with Crippen LogP contribution in [0.3, 0.4) is 0 Å². The Balaban J connectivity index is 2.54. The highest BCUT2D eigenvalue weighted by Crippen LogP contribution is 2.01. The van der Waals surface area contributed by atoms with Gasteiger partial charge in [-0.15, -0.1) is 0 Å². The van der Waals surface area contributed by atoms with Gasteiger partial charge >= 0.3 is 0 Å². The van der Waals surface area contributed by atoms with Gasteiger partial charge in [0.15, 0.2) is 0 Å². The molecule has 0 unspecified atom stereocenters. The molecule has 1 rings (SSSR count). The number of H-pyrrole nitrogens is 1. The number of hydrogen-bond acceptors (Lipinski definition) is 3. The maximum atomic E-state index is 11.4. The average Bonchev–Trinajstić information content (AvgIpc) is 2.45. The lowest BCUT2D eigenvalue weighted by Gasteiger charge is -2.09. The van der Waals surface area contributed by atoms with Gasteiger partial charge in [-0.3, -0.25) is 5.10 Å². The van der Waals surface area contributed by atoms with Gasteiger partial charge in [0.2, 0.25) is 0 Å². The fourth-order valence-corrected chi connectivity index (χ4v) is 2.13. The number of nitrogens with one attached hydrogen (secondary N) is 3. The Morgan fingerprint density at radius 2 is 2.20 bits per heavy atom. The molecule has 0 fully saturated rings. The summed E-state index contributed by atoms with van der Waals surface area (Å²) in [6.45, 7) is 5.61. The van der Waals surface area contributed by atoms with Crippen molar-refractivity contribution < 1.29 is 8.42 Å². The van der Waals surface area contributed by atoms with Crippen LogP contribution in [0, 0.1) is 6.92 Å². The van der Waals surface area contributed by atoms with Crippen LogP contribution in [0.5, 0.6) is 0 Å². The zero-order valence-electron chi connectivity index (χ0n) is 9.03. The van der Waals surface area contributed by atoms with Gasteiger partial charge in [-0.1, -0.05) is 0 Å². The third-order valence-electron chi connectivity index (χ3n) is 1.78. The SMILES string of the molecule is Cc1[nH]ncc1CNS(=O)(=O)NC(C)C. The minimum absolute atomic E-state index is 0.118. The Morgan fingerprint density at radius 3 is 2.67 bits per heavy atom. The van der Waals surface area contributed by atoms with Crippen LogP contribution in [0.15, 0.2) is 6.20 Å². The van der Waals surface area contributed by atoms with Crippen LogP contribution in [0.25, 0.3) is 0 Å². The van der Waals surface area contributed by atoms with E-state index in [0.717, 1.165) is 11.3 Å². The van der Waals surface area contributed by atoms with E-state index in [4.69, 9.17) is 0 Å². The Bertz CT molecular complexity index is 410. The Morgan fingerprint density at radius 1 is 1.53 bits per heavy atom. The molecule has 0 aromatic carbocycles. The van der Waals surface area contributed by atoms with E-state index in [1.807, 2.05) is 6.92 Å². The van der Waals surface area contributed by atoms with Crippen molar-refractivity contribution in [2.24, 2.45) is 0 Å². The molecule has 6 nitrogen and oxygen atoms in total. The fraction of sp³-hybridized carbons (Fsp3) is 0.625. The quantitative estimate of drug-likeness (QED) is 0.670. The lowest BCUT2D eigenvalue weighted by Crippen LogP contribution is -2.39. The van der Waals surface area contributed by atoms with E-state index in [2.05, 4.69) is 19.6 Å². The number of aromatic amines is 1. The molecule has 0 saturated heterocycles. The van der Waals surface area contributed by atoms with E-state index in [1.54, 1.807) is 20.0 Å². The summed E-state index contributed by atoms with van der Waals surface area (Å²) in [7, 11) is -3.42. The lowest BCUT2D eigenvalue weighted by atomic mass is 10.3. The Labute approximate surface area is 89.6 Å². The highest BCUT2D eigenvalue weighted by molar-refractivity contribution is 7.87. The minimum Gasteiger partial charge on any atom is -0.283 e. The monoisotopic (exact) mass is 232 g/mol. The highest BCUT2D eigenvalue weighted by Gasteiger charge is 2.11. The summed E-state index contributed by atoms with van der Waals surface area (Å²) < 4.78 is 27.7. The zero-order chi connectivity index (χ0) is 11.5. The van der Waals surface area contributed by atoms with E-state index in [-0.39, 0.29) is 12.6 Å². The second kappa shape index (κ2) is 4.73. The average molecular weight is 232 g/mol. The van der Waals surface area contributed by atoms with Crippen molar-refractivity contribution in [3.05, 3.63) is 17.5 Å². The summed E-state index contributed by atoms with van der Waals surface area (Å²) in [4.78, 5) is 0. The molecule has 86 valence electrons. The van der Waals surface area contributed by atoms with Crippen molar-refractivity contribution in [3.63, 3.8) is 0 Å². The second-order valence-corrected chi connectivity index (χ2v) is 5.15. The molecule has 15 heavy (non-hydrogen) atoms. The van der Waals surface area contributed by atoms with Gasteiger partial charge in [0.05, 0.1) is 6.20 Å². The van der Waals surface area contributed by atoms with Crippen LogP contribution in [0.2, 0.25) is 0 Å². The number of aryl methyl sites for hydroxylation is 1. The van der Waals surface area contributed by atoms with Crippen molar-refractivity contribution in [3.8, 4) is 0 Å². The summed E-state index contributed by atoms with van der Waals surface area (Å²) >= 11 is 0. The molecule has 0 aliphatic carbocycles. The number of hydrogen-bond donors (Lipinski definition) is 3. The molecular weight excluding hydrogens is 216 g/mol. The normalized spacial score (nSPS) is 12.3. The first-order valence-corrected chi connectivity index (χ1v) is 6.15. The van der Waals surface area contributed by atoms with Gasteiger partial charge in [0.1, 0.15) is 0 Å². The molecule has 0 radical (unpaired) electrons. The van der Waals surface area contributed by atoms with Crippen molar-refractivity contribution >= 4 is 10.2 Å². The molecule has 1 heterocycles. The molecular formula is C8H16N4O2S. The Kier molecular flexibility index (Phi) is 3.83. The zero-order valence-corrected chi connectivity index (χ0v) is 9.85. The standard InChI is InChI=1S/C8H16N4O2S/c1-6(2)12-15(13,14)10-5-8-4-9-11-7(8)3/h4,6,10,12H,5H2,1-3H3,(H,9,11). The first-order chi connectivity index (χ1) is 6.91. The third kappa shape index (κ3) is 3.98. The molecule has 0 saturated carbocycles. The van der Waals surface area contributed by atoms with E-state index in [1.165, 1.54) is 0 Å². The summed E-state index contributed by atoms with van der Waals surface area (Å²) in [5.74, 6) is 0. The largest absolute Gasteiger partial charge is 0.283 e. The van der Waals surface area contributed by atoms with Crippen molar-refractivity contribution in [2.45, 2.75) is 33.4 Å². The summed E-state index contributed by atoms with van der Waals surface area (Å²) in [6.07, 6.45) is 1.60. The number of rotatable bonds is 5. The fourth-order valence-electron chi connectivity index (χ4n) is 1.08. The molecule has 0 amide bonds. The van der Waals surface area contributed by atoms with Gasteiger partial charge in [-0.2, -0.15) is 23.0 Å². The first-order valence-electron chi connectivity index (χ1n) is 4.66. The maximum absolute atomic E-state index is 11.4. The predicted octanol–water partition coefficient (Wildman–Crippen LogP) is 0.0505. The third-order valence-corrected chi connectivity index (χ3v) is 3.08. The van der Waals surface area contributed by atoms with Gasteiger partial charge in [-0.25, -0.2) is 0 Å². The van der Waals surface area contributed by atoms with Crippen molar-refractivity contribution in [1.82, 2.24) is 19.6 Å². The molecule has 0 atom stereocenters. The van der Waals surface area contributed by atoms with E-state index < -0.39 is 10.2 Å². The summed E-state index contributed by atoms with van der Waals surface area (Å²) in [5, 5.41) is 6.54. The lowest BCUT2D eigenvalue weighted by molar-refractivity contribution is 0.554. The van der Waals surface area contributed by atoms with Gasteiger partial charge in [0.25, 0.3) is 10.2 Å². The highest BCUT2D eigenvalue weighted by atomic mass is 32.2. The van der Waals surface area contributed by atoms with Crippen LogP contribution < -0.4 is 9.44 Å². The molecule has 3 N–H and O–H groups in total. The second-order valence-electron chi connectivity index (χ2n) is 3.62. The van der Waals surface area contributed by atoms with E-state index >= 15 is 0 Å². The van der Waals surface area contributed by atoms with Crippen molar-refractivity contribution in [1.29, 1.82) is 0 Å². The van der Waals surface area contributed by atoms with Gasteiger partial charge < -0.3 is 0 Å². The summed E-state index contributed by atoms with van der Waals surface area (Å²) in [6, 6.07) is -0.118. The van der Waals surface area contributed by atoms with E-state index in [0.29, 0.717) is 0 Å². The van der Waals surface area contributed by atoms with Gasteiger partial charge in [-0.05, 0) is 20.8 Å². The number of aromatic nitrogens is 2. The molecule has 0 aliphatic heterocycles. The molecule has 1 aromatic rings. The van der Waals surface area contributed by atoms with Crippen LogP contribution in [-0.4, -0.2) is 24.7 Å². The summed E-state index contributed by atoms with van der Waals surface area (Å²) in [5.41, 5.74) is 1.70. The topological polar surface area (TPSA) is 86.9 Å². The van der Waals surface area contributed by atoms with Crippen molar-refractivity contribution in [2.75, 3.05) is 0 Å². The first kappa shape index (κ1) is 12.2. The number of nitrogens with zero attached hydrogens (tertiary/aromatic N) is 1. The van der Waals surface area contributed by atoms with Crippen LogP contribution in [-0.2, 0) is 16.8 Å². The van der Waals surface area contributed by atoms with Crippen LogP contribution >= 0.6 is 0 Å². The molecule has 0 bridgehead atoms. The molecule has 7 heteroatoms. The van der Waals surface area contributed by atoms with Gasteiger partial charge in [0, 0.05) is 23.8 Å². The predicted molar refractivity (Wildman–Crippen MR) is 57.4 cm³/mol. The van der Waals surface area contributed by atoms with Crippen LogP contribution in [0.4, 0.5) is 0 Å². The minimum atomic E-state index is -3.42. The molecule has 1 aromatic heterocycles.